The van der Waals surface area contributed by atoms with Gasteiger partial charge in [0.25, 0.3) is 0 Å². The molecule has 0 aromatic heterocycles. The van der Waals surface area contributed by atoms with Gasteiger partial charge in [0.2, 0.25) is 15.9 Å². The van der Waals surface area contributed by atoms with Gasteiger partial charge < -0.3 is 9.64 Å². The van der Waals surface area contributed by atoms with Gasteiger partial charge in [0, 0.05) is 26.1 Å². The van der Waals surface area contributed by atoms with Crippen LogP contribution in [-0.2, 0) is 14.8 Å². The third-order valence-electron chi connectivity index (χ3n) is 4.80. The number of aryl methyl sites for hydroxylation is 2. The fourth-order valence-electron chi connectivity index (χ4n) is 3.46. The summed E-state index contributed by atoms with van der Waals surface area (Å²) in [5, 5.41) is 0. The molecule has 0 saturated heterocycles. The van der Waals surface area contributed by atoms with Crippen molar-refractivity contribution in [3.8, 4) is 5.75 Å². The van der Waals surface area contributed by atoms with Crippen molar-refractivity contribution in [2.45, 2.75) is 57.4 Å². The summed E-state index contributed by atoms with van der Waals surface area (Å²) in [7, 11) is -2.06. The van der Waals surface area contributed by atoms with Crippen molar-refractivity contribution in [3.63, 3.8) is 0 Å². The van der Waals surface area contributed by atoms with Crippen LogP contribution in [0.2, 0.25) is 0 Å². The number of amides is 1. The van der Waals surface area contributed by atoms with Gasteiger partial charge >= 0.3 is 0 Å². The van der Waals surface area contributed by atoms with E-state index < -0.39 is 10.0 Å². The van der Waals surface area contributed by atoms with Crippen molar-refractivity contribution in [3.05, 3.63) is 23.3 Å². The van der Waals surface area contributed by atoms with E-state index in [1.807, 2.05) is 6.92 Å². The molecule has 1 aromatic carbocycles. The van der Waals surface area contributed by atoms with Crippen LogP contribution in [0.25, 0.3) is 0 Å². The van der Waals surface area contributed by atoms with Crippen LogP contribution in [0.5, 0.6) is 5.75 Å². The van der Waals surface area contributed by atoms with Crippen LogP contribution >= 0.6 is 0 Å². The zero-order valence-corrected chi connectivity index (χ0v) is 16.3. The summed E-state index contributed by atoms with van der Waals surface area (Å²) in [6, 6.07) is 3.59. The smallest absolute Gasteiger partial charge is 0.240 e. The molecule has 6 nitrogen and oxygen atoms in total. The minimum Gasteiger partial charge on any atom is -0.496 e. The van der Waals surface area contributed by atoms with Crippen LogP contribution in [0.3, 0.4) is 0 Å². The van der Waals surface area contributed by atoms with Crippen molar-refractivity contribution < 1.29 is 17.9 Å². The number of hydrogen-bond donors (Lipinski definition) is 1. The average Bonchev–Trinajstić information content (AvgIpc) is 3.06. The topological polar surface area (TPSA) is 75.7 Å². The Kier molecular flexibility index (Phi) is 6.46. The van der Waals surface area contributed by atoms with Crippen molar-refractivity contribution in [1.29, 1.82) is 0 Å². The number of ether oxygens (including phenoxy) is 1. The Bertz CT molecular complexity index is 725. The van der Waals surface area contributed by atoms with Gasteiger partial charge in [-0.05, 0) is 49.9 Å². The van der Waals surface area contributed by atoms with Crippen LogP contribution < -0.4 is 9.46 Å². The number of carbonyl (C=O) groups is 1. The number of nitrogens with one attached hydrogen (secondary N) is 1. The summed E-state index contributed by atoms with van der Waals surface area (Å²) < 4.78 is 33.1. The Balaban J connectivity index is 2.06. The van der Waals surface area contributed by atoms with E-state index in [0.29, 0.717) is 17.9 Å². The predicted octanol–water partition coefficient (Wildman–Crippen LogP) is 2.38. The van der Waals surface area contributed by atoms with Gasteiger partial charge in [0.1, 0.15) is 5.75 Å². The molecule has 0 bridgehead atoms. The molecule has 0 unspecified atom stereocenters. The number of nitrogens with zero attached hydrogens (tertiary/aromatic N) is 1. The van der Waals surface area contributed by atoms with E-state index in [2.05, 4.69) is 4.72 Å². The lowest BCUT2D eigenvalue weighted by Gasteiger charge is -2.28. The van der Waals surface area contributed by atoms with Gasteiger partial charge in [-0.15, -0.1) is 0 Å². The Labute approximate surface area is 150 Å². The SMILES string of the molecule is COc1cc(C)c(S(=O)(=O)NCCN(C(C)=O)C2CCCC2)cc1C. The Morgan fingerprint density at radius 1 is 1.24 bits per heavy atom. The average molecular weight is 368 g/mol. The van der Waals surface area contributed by atoms with Gasteiger partial charge in [-0.1, -0.05) is 12.8 Å². The quantitative estimate of drug-likeness (QED) is 0.802. The lowest BCUT2D eigenvalue weighted by atomic mass is 10.1. The van der Waals surface area contributed by atoms with E-state index in [-0.39, 0.29) is 23.4 Å². The molecule has 1 fully saturated rings. The Hall–Kier alpha value is -1.60. The van der Waals surface area contributed by atoms with Crippen LogP contribution in [0.4, 0.5) is 0 Å². The summed E-state index contributed by atoms with van der Waals surface area (Å²) in [5.74, 6) is 0.669. The third kappa shape index (κ3) is 4.73. The Morgan fingerprint density at radius 2 is 1.88 bits per heavy atom. The van der Waals surface area contributed by atoms with E-state index in [0.717, 1.165) is 31.2 Å². The Morgan fingerprint density at radius 3 is 2.44 bits per heavy atom. The van der Waals surface area contributed by atoms with Gasteiger partial charge in [0.15, 0.2) is 0 Å². The summed E-state index contributed by atoms with van der Waals surface area (Å²) in [6.07, 6.45) is 4.27. The largest absolute Gasteiger partial charge is 0.496 e. The van der Waals surface area contributed by atoms with Crippen LogP contribution in [0.1, 0.15) is 43.7 Å². The summed E-state index contributed by atoms with van der Waals surface area (Å²) >= 11 is 0. The highest BCUT2D eigenvalue weighted by atomic mass is 32.2. The highest BCUT2D eigenvalue weighted by molar-refractivity contribution is 7.89. The van der Waals surface area contributed by atoms with Crippen molar-refractivity contribution in [2.75, 3.05) is 20.2 Å². The second-order valence-corrected chi connectivity index (χ2v) is 8.37. The first-order valence-corrected chi connectivity index (χ1v) is 10.2. The standard InChI is InChI=1S/C18H28N2O4S/c1-13-12-18(14(2)11-17(13)24-4)25(22,23)19-9-10-20(15(3)21)16-7-5-6-8-16/h11-12,16,19H,5-10H2,1-4H3. The normalized spacial score (nSPS) is 15.4. The molecule has 0 aliphatic heterocycles. The second kappa shape index (κ2) is 8.19. The fourth-order valence-corrected chi connectivity index (χ4v) is 4.79. The van der Waals surface area contributed by atoms with Crippen LogP contribution in [0.15, 0.2) is 17.0 Å². The molecule has 2 rings (SSSR count). The van der Waals surface area contributed by atoms with E-state index in [4.69, 9.17) is 4.74 Å². The fraction of sp³-hybridized carbons (Fsp3) is 0.611. The van der Waals surface area contributed by atoms with E-state index in [1.54, 1.807) is 38.0 Å². The lowest BCUT2D eigenvalue weighted by molar-refractivity contribution is -0.130. The number of sulfonamides is 1. The molecule has 0 heterocycles. The van der Waals surface area contributed by atoms with E-state index >= 15 is 0 Å². The second-order valence-electron chi connectivity index (χ2n) is 6.64. The number of benzene rings is 1. The van der Waals surface area contributed by atoms with Gasteiger partial charge in [-0.3, -0.25) is 4.79 Å². The van der Waals surface area contributed by atoms with Crippen molar-refractivity contribution in [2.24, 2.45) is 0 Å². The molecular formula is C18H28N2O4S. The zero-order chi connectivity index (χ0) is 18.6. The minimum atomic E-state index is -3.63. The maximum atomic E-state index is 12.6. The third-order valence-corrected chi connectivity index (χ3v) is 6.40. The molecule has 140 valence electrons. The molecule has 0 radical (unpaired) electrons. The molecule has 1 aromatic rings. The molecule has 1 amide bonds. The molecule has 25 heavy (non-hydrogen) atoms. The highest BCUT2D eigenvalue weighted by Crippen LogP contribution is 2.26. The molecular weight excluding hydrogens is 340 g/mol. The zero-order valence-electron chi connectivity index (χ0n) is 15.5. The minimum absolute atomic E-state index is 0.00238. The summed E-state index contributed by atoms with van der Waals surface area (Å²) in [4.78, 5) is 13.9. The monoisotopic (exact) mass is 368 g/mol. The number of hydrogen-bond acceptors (Lipinski definition) is 4. The predicted molar refractivity (Wildman–Crippen MR) is 97.3 cm³/mol. The van der Waals surface area contributed by atoms with Crippen molar-refractivity contribution in [1.82, 2.24) is 9.62 Å². The number of carbonyl (C=O) groups excluding carboxylic acids is 1. The summed E-state index contributed by atoms with van der Waals surface area (Å²) in [5.41, 5.74) is 1.40. The first-order valence-electron chi connectivity index (χ1n) is 8.68. The van der Waals surface area contributed by atoms with Crippen molar-refractivity contribution >= 4 is 15.9 Å². The van der Waals surface area contributed by atoms with Gasteiger partial charge in [0.05, 0.1) is 12.0 Å². The van der Waals surface area contributed by atoms with Crippen LogP contribution in [0, 0.1) is 13.8 Å². The first kappa shape index (κ1) is 19.7. The molecule has 1 N–H and O–H groups in total. The maximum absolute atomic E-state index is 12.6. The highest BCUT2D eigenvalue weighted by Gasteiger charge is 2.25. The molecule has 1 aliphatic rings. The molecule has 1 saturated carbocycles. The maximum Gasteiger partial charge on any atom is 0.240 e. The first-order chi connectivity index (χ1) is 11.8. The lowest BCUT2D eigenvalue weighted by Crippen LogP contribution is -2.42. The summed E-state index contributed by atoms with van der Waals surface area (Å²) in [6.45, 7) is 5.71. The molecule has 7 heteroatoms. The number of rotatable bonds is 7. The molecule has 0 spiro atoms. The number of methoxy groups -OCH3 is 1. The molecule has 0 atom stereocenters. The molecule has 1 aliphatic carbocycles. The van der Waals surface area contributed by atoms with E-state index in [1.165, 1.54) is 0 Å². The van der Waals surface area contributed by atoms with E-state index in [9.17, 15) is 13.2 Å². The van der Waals surface area contributed by atoms with Gasteiger partial charge in [-0.25, -0.2) is 13.1 Å². The van der Waals surface area contributed by atoms with Gasteiger partial charge in [-0.2, -0.15) is 0 Å². The van der Waals surface area contributed by atoms with Crippen LogP contribution in [-0.4, -0.2) is 45.5 Å².